The first kappa shape index (κ1) is 12.6. The van der Waals surface area contributed by atoms with Crippen molar-refractivity contribution in [1.29, 1.82) is 0 Å². The van der Waals surface area contributed by atoms with E-state index in [1.165, 1.54) is 0 Å². The normalized spacial score (nSPS) is 9.38. The van der Waals surface area contributed by atoms with E-state index < -0.39 is 0 Å². The molecule has 0 aromatic heterocycles. The molecular formula is C9H8Cl2N4O. The van der Waals surface area contributed by atoms with Gasteiger partial charge >= 0.3 is 0 Å². The van der Waals surface area contributed by atoms with Crippen LogP contribution in [0.5, 0.6) is 0 Å². The van der Waals surface area contributed by atoms with Gasteiger partial charge in [-0.1, -0.05) is 34.4 Å². The summed E-state index contributed by atoms with van der Waals surface area (Å²) in [7, 11) is 0. The molecule has 0 saturated heterocycles. The number of carbonyl (C=O) groups excluding carboxylic acids is 1. The Labute approximate surface area is 102 Å². The van der Waals surface area contributed by atoms with E-state index in [2.05, 4.69) is 15.3 Å². The molecule has 0 bridgehead atoms. The zero-order valence-corrected chi connectivity index (χ0v) is 9.66. The minimum absolute atomic E-state index is 0.0889. The van der Waals surface area contributed by atoms with Crippen molar-refractivity contribution in [2.75, 3.05) is 11.9 Å². The zero-order valence-electron chi connectivity index (χ0n) is 8.15. The van der Waals surface area contributed by atoms with Gasteiger partial charge in [-0.3, -0.25) is 4.79 Å². The van der Waals surface area contributed by atoms with E-state index in [1.54, 1.807) is 18.2 Å². The summed E-state index contributed by atoms with van der Waals surface area (Å²) in [6.45, 7) is 0.102. The minimum atomic E-state index is -0.303. The number of azide groups is 1. The predicted molar refractivity (Wildman–Crippen MR) is 63.7 cm³/mol. The number of para-hydroxylation sites is 1. The van der Waals surface area contributed by atoms with Gasteiger partial charge in [0.15, 0.2) is 0 Å². The van der Waals surface area contributed by atoms with Gasteiger partial charge in [0.05, 0.1) is 15.7 Å². The lowest BCUT2D eigenvalue weighted by Gasteiger charge is -2.07. The average Bonchev–Trinajstić information content (AvgIpc) is 2.24. The highest BCUT2D eigenvalue weighted by Crippen LogP contribution is 2.29. The van der Waals surface area contributed by atoms with Crippen molar-refractivity contribution in [3.05, 3.63) is 38.7 Å². The topological polar surface area (TPSA) is 77.9 Å². The van der Waals surface area contributed by atoms with Crippen LogP contribution in [-0.2, 0) is 4.79 Å². The second kappa shape index (κ2) is 6.23. The lowest BCUT2D eigenvalue weighted by atomic mass is 10.3. The molecule has 0 saturated carbocycles. The highest BCUT2D eigenvalue weighted by Gasteiger charge is 2.08. The zero-order chi connectivity index (χ0) is 12.0. The molecule has 0 spiro atoms. The van der Waals surface area contributed by atoms with E-state index in [4.69, 9.17) is 28.7 Å². The monoisotopic (exact) mass is 258 g/mol. The quantitative estimate of drug-likeness (QED) is 0.500. The van der Waals surface area contributed by atoms with Gasteiger partial charge in [0.2, 0.25) is 5.91 Å². The van der Waals surface area contributed by atoms with E-state index in [1.807, 2.05) is 0 Å². The van der Waals surface area contributed by atoms with E-state index >= 15 is 0 Å². The Kier molecular flexibility index (Phi) is 4.92. The number of nitrogens with one attached hydrogen (secondary N) is 1. The highest BCUT2D eigenvalue weighted by atomic mass is 35.5. The Hall–Kier alpha value is -1.42. The number of rotatable bonds is 4. The number of amides is 1. The molecular weight excluding hydrogens is 251 g/mol. The third-order valence-corrected chi connectivity index (χ3v) is 2.36. The molecule has 16 heavy (non-hydrogen) atoms. The summed E-state index contributed by atoms with van der Waals surface area (Å²) >= 11 is 11.7. The fraction of sp³-hybridized carbons (Fsp3) is 0.222. The predicted octanol–water partition coefficient (Wildman–Crippen LogP) is 3.63. The molecule has 0 unspecified atom stereocenters. The van der Waals surface area contributed by atoms with E-state index in [0.29, 0.717) is 15.7 Å². The van der Waals surface area contributed by atoms with Crippen molar-refractivity contribution in [2.45, 2.75) is 6.42 Å². The van der Waals surface area contributed by atoms with Gasteiger partial charge in [-0.05, 0) is 17.7 Å². The SMILES string of the molecule is [N-]=[N+]=NCCC(=O)Nc1c(Cl)cccc1Cl. The molecule has 1 rings (SSSR count). The maximum atomic E-state index is 11.4. The van der Waals surface area contributed by atoms with Gasteiger partial charge in [0, 0.05) is 17.9 Å². The van der Waals surface area contributed by atoms with Crippen molar-refractivity contribution in [3.63, 3.8) is 0 Å². The molecule has 0 radical (unpaired) electrons. The van der Waals surface area contributed by atoms with Crippen molar-refractivity contribution >= 4 is 34.8 Å². The molecule has 1 amide bonds. The Morgan fingerprint density at radius 3 is 2.62 bits per heavy atom. The summed E-state index contributed by atoms with van der Waals surface area (Å²) in [5, 5.41) is 6.53. The first-order chi connectivity index (χ1) is 7.65. The van der Waals surface area contributed by atoms with Crippen LogP contribution in [0, 0.1) is 0 Å². The van der Waals surface area contributed by atoms with Crippen LogP contribution in [0.15, 0.2) is 23.3 Å². The lowest BCUT2D eigenvalue weighted by molar-refractivity contribution is -0.116. The summed E-state index contributed by atoms with van der Waals surface area (Å²) in [4.78, 5) is 13.9. The molecule has 1 N–H and O–H groups in total. The summed E-state index contributed by atoms with van der Waals surface area (Å²) in [6.07, 6.45) is 0.0889. The smallest absolute Gasteiger partial charge is 0.224 e. The number of carbonyl (C=O) groups is 1. The fourth-order valence-corrected chi connectivity index (χ4v) is 1.51. The van der Waals surface area contributed by atoms with Crippen LogP contribution in [0.1, 0.15) is 6.42 Å². The molecule has 7 heteroatoms. The second-order valence-corrected chi connectivity index (χ2v) is 3.66. The fourth-order valence-electron chi connectivity index (χ4n) is 1.02. The van der Waals surface area contributed by atoms with Crippen molar-refractivity contribution < 1.29 is 4.79 Å². The van der Waals surface area contributed by atoms with E-state index in [9.17, 15) is 4.79 Å². The first-order valence-corrected chi connectivity index (χ1v) is 5.15. The standard InChI is InChI=1S/C9H8Cl2N4O/c10-6-2-1-3-7(11)9(6)14-8(16)4-5-13-15-12/h1-3H,4-5H2,(H,14,16). The Balaban J connectivity index is 2.66. The molecule has 1 aromatic rings. The molecule has 0 heterocycles. The molecule has 0 aliphatic rings. The molecule has 0 fully saturated rings. The summed E-state index contributed by atoms with van der Waals surface area (Å²) in [5.41, 5.74) is 8.41. The molecule has 5 nitrogen and oxygen atoms in total. The number of benzene rings is 1. The van der Waals surface area contributed by atoms with Crippen molar-refractivity contribution in [1.82, 2.24) is 0 Å². The summed E-state index contributed by atoms with van der Waals surface area (Å²) in [5.74, 6) is -0.303. The van der Waals surface area contributed by atoms with Gasteiger partial charge in [0.1, 0.15) is 0 Å². The molecule has 84 valence electrons. The maximum absolute atomic E-state index is 11.4. The van der Waals surface area contributed by atoms with Crippen molar-refractivity contribution in [3.8, 4) is 0 Å². The maximum Gasteiger partial charge on any atom is 0.224 e. The number of hydrogen-bond acceptors (Lipinski definition) is 2. The molecule has 0 atom stereocenters. The Morgan fingerprint density at radius 1 is 1.44 bits per heavy atom. The van der Waals surface area contributed by atoms with Crippen LogP contribution in [0.2, 0.25) is 10.0 Å². The van der Waals surface area contributed by atoms with Gasteiger partial charge in [-0.25, -0.2) is 0 Å². The van der Waals surface area contributed by atoms with Gasteiger partial charge in [-0.2, -0.15) is 0 Å². The van der Waals surface area contributed by atoms with Gasteiger partial charge in [-0.15, -0.1) is 0 Å². The second-order valence-electron chi connectivity index (χ2n) is 2.85. The third-order valence-electron chi connectivity index (χ3n) is 1.73. The van der Waals surface area contributed by atoms with E-state index in [-0.39, 0.29) is 18.9 Å². The molecule has 1 aromatic carbocycles. The third kappa shape index (κ3) is 3.62. The van der Waals surface area contributed by atoms with Crippen LogP contribution in [0.3, 0.4) is 0 Å². The average molecular weight is 259 g/mol. The van der Waals surface area contributed by atoms with Crippen LogP contribution in [0.25, 0.3) is 10.4 Å². The number of anilines is 1. The number of hydrogen-bond donors (Lipinski definition) is 1. The largest absolute Gasteiger partial charge is 0.324 e. The lowest BCUT2D eigenvalue weighted by Crippen LogP contribution is -2.12. The molecule has 0 aliphatic heterocycles. The van der Waals surface area contributed by atoms with Crippen LogP contribution in [0.4, 0.5) is 5.69 Å². The molecule has 0 aliphatic carbocycles. The highest BCUT2D eigenvalue weighted by molar-refractivity contribution is 6.39. The Morgan fingerprint density at radius 2 is 2.06 bits per heavy atom. The minimum Gasteiger partial charge on any atom is -0.324 e. The number of halogens is 2. The number of nitrogens with zero attached hydrogens (tertiary/aromatic N) is 3. The first-order valence-electron chi connectivity index (χ1n) is 4.40. The van der Waals surface area contributed by atoms with Crippen LogP contribution < -0.4 is 5.32 Å². The Bertz CT molecular complexity index is 423. The van der Waals surface area contributed by atoms with Gasteiger partial charge < -0.3 is 5.32 Å². The van der Waals surface area contributed by atoms with Crippen LogP contribution >= 0.6 is 23.2 Å². The van der Waals surface area contributed by atoms with Crippen molar-refractivity contribution in [2.24, 2.45) is 5.11 Å². The van der Waals surface area contributed by atoms with Crippen LogP contribution in [-0.4, -0.2) is 12.5 Å². The van der Waals surface area contributed by atoms with E-state index in [0.717, 1.165) is 0 Å². The summed E-state index contributed by atoms with van der Waals surface area (Å²) in [6, 6.07) is 4.92. The van der Waals surface area contributed by atoms with Gasteiger partial charge in [0.25, 0.3) is 0 Å². The summed E-state index contributed by atoms with van der Waals surface area (Å²) < 4.78 is 0.